The maximum Gasteiger partial charge on any atom is 0.278 e. The average molecular weight is 259 g/mol. The minimum atomic E-state index is -0.473. The van der Waals surface area contributed by atoms with Crippen LogP contribution in [0.25, 0.3) is 0 Å². The molecule has 0 atom stereocenters. The summed E-state index contributed by atoms with van der Waals surface area (Å²) in [5.41, 5.74) is 3.63. The summed E-state index contributed by atoms with van der Waals surface area (Å²) in [5, 5.41) is 14.7. The molecule has 2 rings (SSSR count). The van der Waals surface area contributed by atoms with E-state index in [9.17, 15) is 14.5 Å². The number of nitro groups is 1. The Kier molecular flexibility index (Phi) is 3.82. The second-order valence-corrected chi connectivity index (χ2v) is 3.69. The molecule has 0 radical (unpaired) electrons. The summed E-state index contributed by atoms with van der Waals surface area (Å²) >= 11 is 0. The van der Waals surface area contributed by atoms with Crippen molar-refractivity contribution in [1.82, 2.24) is 0 Å². The standard InChI is InChI=1S/C13H10FN3O2/c14-11-5-7-12(8-6-11)16-15-9-10-3-1-2-4-13(10)17(18)19/h1-9,16H/b15-9+. The van der Waals surface area contributed by atoms with Crippen molar-refractivity contribution in [2.75, 3.05) is 5.43 Å². The van der Waals surface area contributed by atoms with Gasteiger partial charge in [0.2, 0.25) is 0 Å². The Bertz CT molecular complexity index is 612. The van der Waals surface area contributed by atoms with Crippen molar-refractivity contribution >= 4 is 17.6 Å². The van der Waals surface area contributed by atoms with Crippen molar-refractivity contribution in [1.29, 1.82) is 0 Å². The van der Waals surface area contributed by atoms with E-state index in [2.05, 4.69) is 10.5 Å². The number of hydrazone groups is 1. The number of anilines is 1. The molecule has 2 aromatic rings. The van der Waals surface area contributed by atoms with E-state index in [1.807, 2.05) is 0 Å². The summed E-state index contributed by atoms with van der Waals surface area (Å²) in [4.78, 5) is 10.3. The molecule has 0 saturated heterocycles. The van der Waals surface area contributed by atoms with Gasteiger partial charge >= 0.3 is 0 Å². The first-order valence-corrected chi connectivity index (χ1v) is 5.45. The van der Waals surface area contributed by atoms with Gasteiger partial charge in [0.1, 0.15) is 5.82 Å². The predicted molar refractivity (Wildman–Crippen MR) is 70.7 cm³/mol. The van der Waals surface area contributed by atoms with Crippen molar-refractivity contribution in [3.8, 4) is 0 Å². The monoisotopic (exact) mass is 259 g/mol. The van der Waals surface area contributed by atoms with Crippen molar-refractivity contribution < 1.29 is 9.31 Å². The van der Waals surface area contributed by atoms with Crippen LogP contribution in [0, 0.1) is 15.9 Å². The summed E-state index contributed by atoms with van der Waals surface area (Å²) in [6.45, 7) is 0. The lowest BCUT2D eigenvalue weighted by atomic mass is 10.2. The first kappa shape index (κ1) is 12.7. The van der Waals surface area contributed by atoms with Gasteiger partial charge in [0, 0.05) is 6.07 Å². The molecule has 0 bridgehead atoms. The first-order valence-electron chi connectivity index (χ1n) is 5.45. The zero-order valence-corrected chi connectivity index (χ0v) is 9.79. The highest BCUT2D eigenvalue weighted by Crippen LogP contribution is 2.15. The summed E-state index contributed by atoms with van der Waals surface area (Å²) in [7, 11) is 0. The van der Waals surface area contributed by atoms with Gasteiger partial charge in [-0.2, -0.15) is 5.10 Å². The molecule has 2 aromatic carbocycles. The Labute approximate surface area is 108 Å². The molecular formula is C13H10FN3O2. The van der Waals surface area contributed by atoms with E-state index in [0.717, 1.165) is 0 Å². The van der Waals surface area contributed by atoms with Crippen LogP contribution in [0.2, 0.25) is 0 Å². The van der Waals surface area contributed by atoms with Crippen molar-refractivity contribution in [3.63, 3.8) is 0 Å². The van der Waals surface area contributed by atoms with E-state index in [4.69, 9.17) is 0 Å². The highest BCUT2D eigenvalue weighted by molar-refractivity contribution is 5.85. The molecule has 0 aliphatic carbocycles. The number of nitro benzene ring substituents is 1. The molecule has 1 N–H and O–H groups in total. The topological polar surface area (TPSA) is 67.5 Å². The minimum Gasteiger partial charge on any atom is -0.278 e. The van der Waals surface area contributed by atoms with Gasteiger partial charge in [-0.05, 0) is 30.3 Å². The number of para-hydroxylation sites is 1. The molecule has 0 fully saturated rings. The van der Waals surface area contributed by atoms with Gasteiger partial charge in [0.25, 0.3) is 5.69 Å². The molecule has 0 unspecified atom stereocenters. The van der Waals surface area contributed by atoms with E-state index < -0.39 is 4.92 Å². The molecule has 0 amide bonds. The van der Waals surface area contributed by atoms with Crippen molar-refractivity contribution in [2.45, 2.75) is 0 Å². The van der Waals surface area contributed by atoms with Gasteiger partial charge in [-0.1, -0.05) is 12.1 Å². The van der Waals surface area contributed by atoms with Gasteiger partial charge < -0.3 is 0 Å². The van der Waals surface area contributed by atoms with Gasteiger partial charge in [-0.3, -0.25) is 15.5 Å². The number of hydrogen-bond acceptors (Lipinski definition) is 4. The lowest BCUT2D eigenvalue weighted by Gasteiger charge is -1.99. The Morgan fingerprint density at radius 3 is 2.53 bits per heavy atom. The van der Waals surface area contributed by atoms with Crippen LogP contribution in [0.4, 0.5) is 15.8 Å². The van der Waals surface area contributed by atoms with Crippen LogP contribution in [0.3, 0.4) is 0 Å². The molecule has 96 valence electrons. The largest absolute Gasteiger partial charge is 0.278 e. The van der Waals surface area contributed by atoms with Crippen LogP contribution < -0.4 is 5.43 Å². The Balaban J connectivity index is 2.11. The van der Waals surface area contributed by atoms with Crippen LogP contribution >= 0.6 is 0 Å². The summed E-state index contributed by atoms with van der Waals surface area (Å²) in [6, 6.07) is 11.9. The fourth-order valence-corrected chi connectivity index (χ4v) is 1.46. The summed E-state index contributed by atoms with van der Waals surface area (Å²) in [6.07, 6.45) is 1.35. The van der Waals surface area contributed by atoms with Crippen LogP contribution in [-0.2, 0) is 0 Å². The predicted octanol–water partition coefficient (Wildman–Crippen LogP) is 3.18. The van der Waals surface area contributed by atoms with Crippen molar-refractivity contribution in [2.24, 2.45) is 5.10 Å². The minimum absolute atomic E-state index is 0.0212. The third kappa shape index (κ3) is 3.35. The van der Waals surface area contributed by atoms with E-state index >= 15 is 0 Å². The zero-order chi connectivity index (χ0) is 13.7. The fraction of sp³-hybridized carbons (Fsp3) is 0. The van der Waals surface area contributed by atoms with Gasteiger partial charge in [-0.15, -0.1) is 0 Å². The lowest BCUT2D eigenvalue weighted by Crippen LogP contribution is -1.96. The molecule has 0 aromatic heterocycles. The Morgan fingerprint density at radius 1 is 1.16 bits per heavy atom. The SMILES string of the molecule is O=[N+]([O-])c1ccccc1/C=N/Nc1ccc(F)cc1. The molecule has 0 aliphatic rings. The van der Waals surface area contributed by atoms with Crippen molar-refractivity contribution in [3.05, 3.63) is 70.0 Å². The lowest BCUT2D eigenvalue weighted by molar-refractivity contribution is -0.385. The molecule has 0 spiro atoms. The number of hydrogen-bond donors (Lipinski definition) is 1. The van der Waals surface area contributed by atoms with E-state index in [-0.39, 0.29) is 11.5 Å². The van der Waals surface area contributed by atoms with E-state index in [1.54, 1.807) is 18.2 Å². The smallest absolute Gasteiger partial charge is 0.278 e. The average Bonchev–Trinajstić information content (AvgIpc) is 2.41. The summed E-state index contributed by atoms with van der Waals surface area (Å²) < 4.78 is 12.7. The second-order valence-electron chi connectivity index (χ2n) is 3.69. The molecular weight excluding hydrogens is 249 g/mol. The molecule has 19 heavy (non-hydrogen) atoms. The van der Waals surface area contributed by atoms with Gasteiger partial charge in [-0.25, -0.2) is 4.39 Å². The number of rotatable bonds is 4. The molecule has 5 nitrogen and oxygen atoms in total. The highest BCUT2D eigenvalue weighted by Gasteiger charge is 2.09. The first-order chi connectivity index (χ1) is 9.16. The second kappa shape index (κ2) is 5.72. The van der Waals surface area contributed by atoms with Gasteiger partial charge in [0.05, 0.1) is 22.4 Å². The Hall–Kier alpha value is -2.76. The van der Waals surface area contributed by atoms with Crippen LogP contribution in [0.1, 0.15) is 5.56 Å². The molecule has 6 heteroatoms. The third-order valence-corrected chi connectivity index (χ3v) is 2.37. The number of benzene rings is 2. The van der Waals surface area contributed by atoms with E-state index in [1.165, 1.54) is 36.5 Å². The third-order valence-electron chi connectivity index (χ3n) is 2.37. The zero-order valence-electron chi connectivity index (χ0n) is 9.79. The number of halogens is 1. The Morgan fingerprint density at radius 2 is 1.84 bits per heavy atom. The van der Waals surface area contributed by atoms with E-state index in [0.29, 0.717) is 11.3 Å². The van der Waals surface area contributed by atoms with Crippen LogP contribution in [-0.4, -0.2) is 11.1 Å². The van der Waals surface area contributed by atoms with Gasteiger partial charge in [0.15, 0.2) is 0 Å². The maximum atomic E-state index is 12.7. The highest BCUT2D eigenvalue weighted by atomic mass is 19.1. The molecule has 0 aliphatic heterocycles. The number of nitrogens with one attached hydrogen (secondary N) is 1. The molecule has 0 saturated carbocycles. The quantitative estimate of drug-likeness (QED) is 0.521. The van der Waals surface area contributed by atoms with Crippen LogP contribution in [0.15, 0.2) is 53.6 Å². The summed E-state index contributed by atoms with van der Waals surface area (Å²) in [5.74, 6) is -0.340. The molecule has 0 heterocycles. The van der Waals surface area contributed by atoms with Crippen LogP contribution in [0.5, 0.6) is 0 Å². The number of nitrogens with zero attached hydrogens (tertiary/aromatic N) is 2. The fourth-order valence-electron chi connectivity index (χ4n) is 1.46. The normalized spacial score (nSPS) is 10.6. The maximum absolute atomic E-state index is 12.7.